The summed E-state index contributed by atoms with van der Waals surface area (Å²) in [7, 11) is 0. The molecule has 0 fully saturated rings. The molecule has 0 aliphatic rings. The predicted molar refractivity (Wildman–Crippen MR) is 68.5 cm³/mol. The lowest BCUT2D eigenvalue weighted by Gasteiger charge is -2.12. The van der Waals surface area contributed by atoms with Crippen LogP contribution in [0, 0.1) is 0 Å². The summed E-state index contributed by atoms with van der Waals surface area (Å²) in [5, 5.41) is 0.691. The van der Waals surface area contributed by atoms with Crippen LogP contribution < -0.4 is 5.73 Å². The minimum atomic E-state index is 0.131. The van der Waals surface area contributed by atoms with Crippen LogP contribution in [0.4, 0.5) is 0 Å². The van der Waals surface area contributed by atoms with E-state index in [4.69, 9.17) is 17.3 Å². The molecule has 0 aliphatic heterocycles. The van der Waals surface area contributed by atoms with Gasteiger partial charge < -0.3 is 5.73 Å². The summed E-state index contributed by atoms with van der Waals surface area (Å²) >= 11 is 9.36. The molecule has 1 aromatic rings. The van der Waals surface area contributed by atoms with Gasteiger partial charge in [0.2, 0.25) is 0 Å². The van der Waals surface area contributed by atoms with Gasteiger partial charge in [0.25, 0.3) is 0 Å². The van der Waals surface area contributed by atoms with Crippen LogP contribution in [0.25, 0.3) is 0 Å². The summed E-state index contributed by atoms with van der Waals surface area (Å²) in [6, 6.07) is 4.07. The molecular formula is C10H16ClNS2. The molecule has 2 unspecified atom stereocenters. The molecule has 2 atom stereocenters. The fraction of sp³-hybridized carbons (Fsp3) is 0.600. The van der Waals surface area contributed by atoms with Crippen molar-refractivity contribution in [1.29, 1.82) is 0 Å². The number of hydrogen-bond donors (Lipinski definition) is 1. The number of hydrogen-bond acceptors (Lipinski definition) is 3. The molecule has 14 heavy (non-hydrogen) atoms. The largest absolute Gasteiger partial charge is 0.323 e. The monoisotopic (exact) mass is 249 g/mol. The average molecular weight is 250 g/mol. The average Bonchev–Trinajstić information content (AvgIpc) is 2.60. The van der Waals surface area contributed by atoms with Crippen molar-refractivity contribution in [1.82, 2.24) is 0 Å². The van der Waals surface area contributed by atoms with E-state index in [0.717, 1.165) is 10.1 Å². The smallest absolute Gasteiger partial charge is 0.0931 e. The normalized spacial score (nSPS) is 15.4. The molecule has 0 aromatic carbocycles. The molecule has 0 amide bonds. The predicted octanol–water partition coefficient (Wildman–Crippen LogP) is 3.93. The summed E-state index contributed by atoms with van der Waals surface area (Å²) in [4.78, 5) is 1.19. The Morgan fingerprint density at radius 2 is 2.29 bits per heavy atom. The fourth-order valence-electron chi connectivity index (χ4n) is 0.995. The highest BCUT2D eigenvalue weighted by Crippen LogP contribution is 2.28. The van der Waals surface area contributed by atoms with Gasteiger partial charge in [0, 0.05) is 21.9 Å². The van der Waals surface area contributed by atoms with Crippen LogP contribution in [0.2, 0.25) is 4.34 Å². The number of nitrogens with two attached hydrogens (primary N) is 1. The third-order valence-electron chi connectivity index (χ3n) is 2.09. The number of rotatable bonds is 5. The topological polar surface area (TPSA) is 26.0 Å². The van der Waals surface area contributed by atoms with E-state index in [1.165, 1.54) is 11.3 Å². The lowest BCUT2D eigenvalue weighted by Crippen LogP contribution is -2.13. The Balaban J connectivity index is 2.39. The molecule has 80 valence electrons. The molecule has 0 saturated heterocycles. The third kappa shape index (κ3) is 3.81. The Hall–Kier alpha value is 0.300. The molecule has 1 rings (SSSR count). The highest BCUT2D eigenvalue weighted by molar-refractivity contribution is 7.99. The van der Waals surface area contributed by atoms with Crippen molar-refractivity contribution in [2.75, 3.05) is 5.75 Å². The van der Waals surface area contributed by atoms with E-state index >= 15 is 0 Å². The van der Waals surface area contributed by atoms with Crippen LogP contribution in [0.5, 0.6) is 0 Å². The Labute approximate surface area is 99.0 Å². The molecule has 0 aliphatic carbocycles. The first-order valence-corrected chi connectivity index (χ1v) is 7.00. The molecule has 0 radical (unpaired) electrons. The first kappa shape index (κ1) is 12.4. The van der Waals surface area contributed by atoms with E-state index in [-0.39, 0.29) is 6.04 Å². The van der Waals surface area contributed by atoms with Crippen LogP contribution in [-0.2, 0) is 0 Å². The quantitative estimate of drug-likeness (QED) is 0.856. The Morgan fingerprint density at radius 3 is 2.79 bits per heavy atom. The van der Waals surface area contributed by atoms with Crippen molar-refractivity contribution < 1.29 is 0 Å². The highest BCUT2D eigenvalue weighted by atomic mass is 35.5. The second kappa shape index (κ2) is 6.01. The van der Waals surface area contributed by atoms with Crippen LogP contribution in [-0.4, -0.2) is 11.0 Å². The summed E-state index contributed by atoms with van der Waals surface area (Å²) in [5.74, 6) is 0.978. The van der Waals surface area contributed by atoms with E-state index in [0.29, 0.717) is 5.25 Å². The molecule has 0 bridgehead atoms. The van der Waals surface area contributed by atoms with Crippen molar-refractivity contribution >= 4 is 34.7 Å². The van der Waals surface area contributed by atoms with E-state index in [9.17, 15) is 0 Å². The second-order valence-electron chi connectivity index (χ2n) is 3.30. The molecular weight excluding hydrogens is 234 g/mol. The van der Waals surface area contributed by atoms with E-state index < -0.39 is 0 Å². The minimum absolute atomic E-state index is 0.131. The molecule has 0 spiro atoms. The van der Waals surface area contributed by atoms with E-state index in [2.05, 4.69) is 13.8 Å². The Kier molecular flexibility index (Phi) is 5.31. The van der Waals surface area contributed by atoms with Crippen molar-refractivity contribution in [3.05, 3.63) is 21.3 Å². The number of thiophene rings is 1. The molecule has 1 aromatic heterocycles. The maximum absolute atomic E-state index is 6.04. The summed E-state index contributed by atoms with van der Waals surface area (Å²) < 4.78 is 0.823. The SMILES string of the molecule is CCC(C)SCC(N)c1ccc(Cl)s1. The number of thioether (sulfide) groups is 1. The van der Waals surface area contributed by atoms with Gasteiger partial charge in [-0.05, 0) is 18.6 Å². The molecule has 1 nitrogen and oxygen atoms in total. The van der Waals surface area contributed by atoms with Gasteiger partial charge in [-0.1, -0.05) is 25.4 Å². The zero-order chi connectivity index (χ0) is 10.6. The van der Waals surface area contributed by atoms with Gasteiger partial charge in [0.1, 0.15) is 0 Å². The van der Waals surface area contributed by atoms with Gasteiger partial charge in [-0.15, -0.1) is 11.3 Å². The van der Waals surface area contributed by atoms with Crippen LogP contribution in [0.15, 0.2) is 12.1 Å². The van der Waals surface area contributed by atoms with Crippen molar-refractivity contribution in [2.45, 2.75) is 31.6 Å². The van der Waals surface area contributed by atoms with Gasteiger partial charge >= 0.3 is 0 Å². The maximum atomic E-state index is 6.04. The zero-order valence-electron chi connectivity index (χ0n) is 8.50. The summed E-state index contributed by atoms with van der Waals surface area (Å²) in [6.07, 6.45) is 1.20. The van der Waals surface area contributed by atoms with Gasteiger partial charge in [0.05, 0.1) is 4.34 Å². The van der Waals surface area contributed by atoms with E-state index in [1.54, 1.807) is 11.3 Å². The first-order chi connectivity index (χ1) is 6.63. The first-order valence-electron chi connectivity index (χ1n) is 4.76. The minimum Gasteiger partial charge on any atom is -0.323 e. The zero-order valence-corrected chi connectivity index (χ0v) is 10.9. The molecule has 4 heteroatoms. The maximum Gasteiger partial charge on any atom is 0.0931 e. The molecule has 1 heterocycles. The van der Waals surface area contributed by atoms with Crippen LogP contribution >= 0.6 is 34.7 Å². The van der Waals surface area contributed by atoms with Crippen molar-refractivity contribution in [2.24, 2.45) is 5.73 Å². The van der Waals surface area contributed by atoms with Crippen LogP contribution in [0.1, 0.15) is 31.2 Å². The van der Waals surface area contributed by atoms with Gasteiger partial charge in [0.15, 0.2) is 0 Å². The Bertz CT molecular complexity index is 275. The lowest BCUT2D eigenvalue weighted by molar-refractivity contribution is 0.838. The second-order valence-corrected chi connectivity index (χ2v) is 6.52. The van der Waals surface area contributed by atoms with Gasteiger partial charge in [-0.2, -0.15) is 11.8 Å². The standard InChI is InChI=1S/C10H16ClNS2/c1-3-7(2)13-6-8(12)9-4-5-10(11)14-9/h4-5,7-8H,3,6,12H2,1-2H3. The summed E-state index contributed by atoms with van der Waals surface area (Å²) in [6.45, 7) is 4.43. The third-order valence-corrected chi connectivity index (χ3v) is 4.91. The van der Waals surface area contributed by atoms with Gasteiger partial charge in [-0.25, -0.2) is 0 Å². The summed E-state index contributed by atoms with van der Waals surface area (Å²) in [5.41, 5.74) is 6.04. The fourth-order valence-corrected chi connectivity index (χ4v) is 3.11. The molecule has 0 saturated carbocycles. The Morgan fingerprint density at radius 1 is 1.57 bits per heavy atom. The van der Waals surface area contributed by atoms with E-state index in [1.807, 2.05) is 23.9 Å². The van der Waals surface area contributed by atoms with Crippen molar-refractivity contribution in [3.8, 4) is 0 Å². The highest BCUT2D eigenvalue weighted by Gasteiger charge is 2.10. The molecule has 2 N–H and O–H groups in total. The van der Waals surface area contributed by atoms with Crippen LogP contribution in [0.3, 0.4) is 0 Å². The number of halogens is 1. The van der Waals surface area contributed by atoms with Gasteiger partial charge in [-0.3, -0.25) is 0 Å². The lowest BCUT2D eigenvalue weighted by atomic mass is 10.3. The van der Waals surface area contributed by atoms with Crippen molar-refractivity contribution in [3.63, 3.8) is 0 Å².